The van der Waals surface area contributed by atoms with Crippen LogP contribution < -0.4 is 0 Å². The van der Waals surface area contributed by atoms with Crippen molar-refractivity contribution >= 4 is 5.91 Å². The quantitative estimate of drug-likeness (QED) is 0.808. The Morgan fingerprint density at radius 1 is 1.26 bits per heavy atom. The maximum atomic E-state index is 12.4. The highest BCUT2D eigenvalue weighted by molar-refractivity contribution is 5.77. The van der Waals surface area contributed by atoms with Crippen molar-refractivity contribution < 1.29 is 9.53 Å². The first-order valence-electron chi connectivity index (χ1n) is 8.74. The van der Waals surface area contributed by atoms with Gasteiger partial charge in [-0.25, -0.2) is 0 Å². The molecule has 1 atom stereocenters. The molecule has 2 aliphatic heterocycles. The van der Waals surface area contributed by atoms with Crippen LogP contribution in [0.1, 0.15) is 49.5 Å². The molecular formula is C18H27N3O2. The highest BCUT2D eigenvalue weighted by Gasteiger charge is 2.30. The highest BCUT2D eigenvalue weighted by Crippen LogP contribution is 2.31. The molecule has 1 aromatic heterocycles. The van der Waals surface area contributed by atoms with Crippen LogP contribution in [0.5, 0.6) is 0 Å². The van der Waals surface area contributed by atoms with Crippen LogP contribution in [0.3, 0.4) is 0 Å². The monoisotopic (exact) mass is 317 g/mol. The lowest BCUT2D eigenvalue weighted by Gasteiger charge is -2.25. The first-order valence-corrected chi connectivity index (χ1v) is 8.74. The van der Waals surface area contributed by atoms with Gasteiger partial charge in [0.15, 0.2) is 0 Å². The molecule has 2 saturated heterocycles. The maximum Gasteiger partial charge on any atom is 0.225 e. The number of pyridine rings is 1. The molecule has 0 aliphatic carbocycles. The third-order valence-electron chi connectivity index (χ3n) is 4.85. The number of hydrogen-bond donors (Lipinski definition) is 0. The number of amides is 1. The van der Waals surface area contributed by atoms with Gasteiger partial charge in [-0.3, -0.25) is 14.7 Å². The van der Waals surface area contributed by atoms with E-state index in [0.717, 1.165) is 37.3 Å². The second-order valence-corrected chi connectivity index (χ2v) is 6.53. The lowest BCUT2D eigenvalue weighted by molar-refractivity contribution is -0.133. The molecule has 0 aromatic carbocycles. The lowest BCUT2D eigenvalue weighted by atomic mass is 10.1. The Hall–Kier alpha value is -1.46. The number of rotatable bonds is 6. The van der Waals surface area contributed by atoms with Crippen molar-refractivity contribution in [2.24, 2.45) is 0 Å². The molecule has 3 heterocycles. The van der Waals surface area contributed by atoms with Crippen LogP contribution in [-0.2, 0) is 16.1 Å². The third-order valence-corrected chi connectivity index (χ3v) is 4.85. The van der Waals surface area contributed by atoms with Crippen molar-refractivity contribution in [1.29, 1.82) is 0 Å². The van der Waals surface area contributed by atoms with Crippen molar-refractivity contribution in [3.8, 4) is 0 Å². The van der Waals surface area contributed by atoms with Gasteiger partial charge in [0.2, 0.25) is 5.91 Å². The summed E-state index contributed by atoms with van der Waals surface area (Å²) in [4.78, 5) is 21.7. The zero-order valence-electron chi connectivity index (χ0n) is 14.0. The Morgan fingerprint density at radius 2 is 2.09 bits per heavy atom. The van der Waals surface area contributed by atoms with Gasteiger partial charge in [0.05, 0.1) is 30.5 Å². The van der Waals surface area contributed by atoms with Crippen LogP contribution in [0, 0.1) is 0 Å². The molecule has 0 bridgehead atoms. The number of carbonyl (C=O) groups is 1. The van der Waals surface area contributed by atoms with E-state index in [1.54, 1.807) is 7.11 Å². The SMILES string of the molecule is COCCC(=O)N1CCCC1c1cccc(CN2CCCC2)n1. The van der Waals surface area contributed by atoms with E-state index in [2.05, 4.69) is 23.1 Å². The number of likely N-dealkylation sites (tertiary alicyclic amines) is 2. The molecule has 1 aromatic rings. The molecule has 0 N–H and O–H groups in total. The van der Waals surface area contributed by atoms with Crippen LogP contribution in [0.15, 0.2) is 18.2 Å². The fourth-order valence-corrected chi connectivity index (χ4v) is 3.65. The van der Waals surface area contributed by atoms with E-state index in [1.165, 1.54) is 25.9 Å². The minimum Gasteiger partial charge on any atom is -0.384 e. The molecule has 5 nitrogen and oxygen atoms in total. The van der Waals surface area contributed by atoms with Crippen molar-refractivity contribution in [3.63, 3.8) is 0 Å². The average molecular weight is 317 g/mol. The van der Waals surface area contributed by atoms with Gasteiger partial charge in [-0.15, -0.1) is 0 Å². The van der Waals surface area contributed by atoms with E-state index in [1.807, 2.05) is 4.90 Å². The molecule has 5 heteroatoms. The normalized spacial score (nSPS) is 22.0. The fourth-order valence-electron chi connectivity index (χ4n) is 3.65. The summed E-state index contributed by atoms with van der Waals surface area (Å²) in [6.45, 7) is 4.61. The van der Waals surface area contributed by atoms with Crippen LogP contribution in [0.25, 0.3) is 0 Å². The predicted octanol–water partition coefficient (Wildman–Crippen LogP) is 2.38. The Bertz CT molecular complexity index is 529. The molecule has 0 radical (unpaired) electrons. The third kappa shape index (κ3) is 4.09. The summed E-state index contributed by atoms with van der Waals surface area (Å²) in [6, 6.07) is 6.40. The van der Waals surface area contributed by atoms with E-state index in [9.17, 15) is 4.79 Å². The molecule has 1 amide bonds. The molecule has 2 fully saturated rings. The van der Waals surface area contributed by atoms with Gasteiger partial charge in [0.25, 0.3) is 0 Å². The Labute approximate surface area is 138 Å². The second-order valence-electron chi connectivity index (χ2n) is 6.53. The molecular weight excluding hydrogens is 290 g/mol. The molecule has 23 heavy (non-hydrogen) atoms. The summed E-state index contributed by atoms with van der Waals surface area (Å²) in [7, 11) is 1.64. The molecule has 126 valence electrons. The van der Waals surface area contributed by atoms with Gasteiger partial charge in [-0.1, -0.05) is 6.07 Å². The van der Waals surface area contributed by atoms with E-state index in [4.69, 9.17) is 9.72 Å². The first kappa shape index (κ1) is 16.4. The number of aromatic nitrogens is 1. The van der Waals surface area contributed by atoms with Crippen LogP contribution in [-0.4, -0.2) is 54.0 Å². The lowest BCUT2D eigenvalue weighted by Crippen LogP contribution is -2.31. The van der Waals surface area contributed by atoms with Gasteiger partial charge in [0.1, 0.15) is 0 Å². The maximum absolute atomic E-state index is 12.4. The Morgan fingerprint density at radius 3 is 2.87 bits per heavy atom. The first-order chi connectivity index (χ1) is 11.3. The number of hydrogen-bond acceptors (Lipinski definition) is 4. The summed E-state index contributed by atoms with van der Waals surface area (Å²) in [5.41, 5.74) is 2.17. The van der Waals surface area contributed by atoms with Crippen LogP contribution >= 0.6 is 0 Å². The minimum atomic E-state index is 0.137. The average Bonchev–Trinajstić information content (AvgIpc) is 3.24. The van der Waals surface area contributed by atoms with E-state index in [0.29, 0.717) is 13.0 Å². The summed E-state index contributed by atoms with van der Waals surface area (Å²) in [6.07, 6.45) is 5.12. The number of ether oxygens (including phenoxy) is 1. The second kappa shape index (κ2) is 7.88. The Kier molecular flexibility index (Phi) is 5.62. The summed E-state index contributed by atoms with van der Waals surface area (Å²) < 4.78 is 5.04. The molecule has 2 aliphatic rings. The number of methoxy groups -OCH3 is 1. The van der Waals surface area contributed by atoms with E-state index in [-0.39, 0.29) is 11.9 Å². The zero-order chi connectivity index (χ0) is 16.1. The topological polar surface area (TPSA) is 45.7 Å². The summed E-state index contributed by atoms with van der Waals surface area (Å²) in [5.74, 6) is 0.182. The van der Waals surface area contributed by atoms with Gasteiger partial charge in [0, 0.05) is 20.2 Å². The van der Waals surface area contributed by atoms with Gasteiger partial charge >= 0.3 is 0 Å². The van der Waals surface area contributed by atoms with E-state index < -0.39 is 0 Å². The zero-order valence-corrected chi connectivity index (χ0v) is 14.0. The summed E-state index contributed by atoms with van der Waals surface area (Å²) >= 11 is 0. The predicted molar refractivity (Wildman–Crippen MR) is 88.9 cm³/mol. The van der Waals surface area contributed by atoms with Crippen LogP contribution in [0.4, 0.5) is 0 Å². The smallest absolute Gasteiger partial charge is 0.225 e. The van der Waals surface area contributed by atoms with Gasteiger partial charge in [-0.05, 0) is 50.9 Å². The van der Waals surface area contributed by atoms with Crippen LogP contribution in [0.2, 0.25) is 0 Å². The van der Waals surface area contributed by atoms with Gasteiger partial charge < -0.3 is 9.64 Å². The molecule has 0 saturated carbocycles. The summed E-state index contributed by atoms with van der Waals surface area (Å²) in [5, 5.41) is 0. The minimum absolute atomic E-state index is 0.137. The molecule has 0 spiro atoms. The van der Waals surface area contributed by atoms with Crippen molar-refractivity contribution in [1.82, 2.24) is 14.8 Å². The van der Waals surface area contributed by atoms with E-state index >= 15 is 0 Å². The fraction of sp³-hybridized carbons (Fsp3) is 0.667. The number of nitrogens with zero attached hydrogens (tertiary/aromatic N) is 3. The van der Waals surface area contributed by atoms with Crippen molar-refractivity contribution in [2.75, 3.05) is 33.4 Å². The number of carbonyl (C=O) groups excluding carboxylic acids is 1. The molecule has 3 rings (SSSR count). The largest absolute Gasteiger partial charge is 0.384 e. The van der Waals surface area contributed by atoms with Gasteiger partial charge in [-0.2, -0.15) is 0 Å². The standard InChI is InChI=1S/C18H27N3O2/c1-23-13-9-18(22)21-12-5-8-17(21)16-7-4-6-15(19-16)14-20-10-2-3-11-20/h4,6-7,17H,2-3,5,8-14H2,1H3. The Balaban J connectivity index is 1.68. The van der Waals surface area contributed by atoms with Crippen molar-refractivity contribution in [2.45, 2.75) is 44.7 Å². The highest BCUT2D eigenvalue weighted by atomic mass is 16.5. The molecule has 1 unspecified atom stereocenters. The van der Waals surface area contributed by atoms with Crippen molar-refractivity contribution in [3.05, 3.63) is 29.6 Å².